The van der Waals surface area contributed by atoms with Crippen LogP contribution >= 0.6 is 0 Å². The minimum Gasteiger partial charge on any atom is -0.328 e. The second-order valence-electron chi connectivity index (χ2n) is 11.7. The lowest BCUT2D eigenvalue weighted by Crippen LogP contribution is -2.57. The molecule has 1 spiro atoms. The molecule has 3 N–H and O–H groups in total. The van der Waals surface area contributed by atoms with Crippen molar-refractivity contribution in [2.24, 2.45) is 5.41 Å². The maximum absolute atomic E-state index is 14.2. The number of rotatable bonds is 8. The average Bonchev–Trinajstić information content (AvgIpc) is 3.44. The molecular formula is C32H32F3N5O3. The Labute approximate surface area is 247 Å². The number of amides is 3. The van der Waals surface area contributed by atoms with Crippen molar-refractivity contribution >= 4 is 29.2 Å². The molecule has 43 heavy (non-hydrogen) atoms. The van der Waals surface area contributed by atoms with Gasteiger partial charge in [-0.25, -0.2) is 4.98 Å². The van der Waals surface area contributed by atoms with Crippen LogP contribution in [0, 0.1) is 5.41 Å². The molecule has 11 heteroatoms. The van der Waals surface area contributed by atoms with E-state index in [1.807, 2.05) is 24.3 Å². The van der Waals surface area contributed by atoms with Crippen molar-refractivity contribution in [2.75, 3.05) is 24.2 Å². The van der Waals surface area contributed by atoms with Gasteiger partial charge in [-0.05, 0) is 73.2 Å². The molecule has 0 radical (unpaired) electrons. The number of fused-ring (bicyclic) bond motifs is 3. The number of pyridine rings is 1. The van der Waals surface area contributed by atoms with E-state index in [4.69, 9.17) is 0 Å². The highest BCUT2D eigenvalue weighted by atomic mass is 19.4. The fraction of sp³-hybridized carbons (Fsp3) is 0.375. The zero-order valence-electron chi connectivity index (χ0n) is 23.7. The number of nitrogens with zero attached hydrogens (tertiary/aromatic N) is 2. The highest BCUT2D eigenvalue weighted by Gasteiger charge is 2.64. The molecule has 3 aliphatic rings. The van der Waals surface area contributed by atoms with Crippen LogP contribution in [0.4, 0.5) is 24.7 Å². The van der Waals surface area contributed by atoms with Gasteiger partial charge in [0.15, 0.2) is 0 Å². The molecule has 2 heterocycles. The topological polar surface area (TPSA) is 103 Å². The van der Waals surface area contributed by atoms with Gasteiger partial charge in [0.05, 0.1) is 5.41 Å². The van der Waals surface area contributed by atoms with Gasteiger partial charge in [-0.1, -0.05) is 42.8 Å². The maximum atomic E-state index is 14.2. The zero-order valence-corrected chi connectivity index (χ0v) is 23.7. The Kier molecular flexibility index (Phi) is 7.24. The van der Waals surface area contributed by atoms with E-state index in [9.17, 15) is 27.6 Å². The summed E-state index contributed by atoms with van der Waals surface area (Å²) in [6.07, 6.45) is -2.43. The summed E-state index contributed by atoms with van der Waals surface area (Å²) in [7, 11) is 1.76. The summed E-state index contributed by atoms with van der Waals surface area (Å²) in [5.41, 5.74) is 1.41. The molecule has 1 unspecified atom stereocenters. The number of halogens is 3. The first-order valence-corrected chi connectivity index (χ1v) is 14.3. The fourth-order valence-electron chi connectivity index (χ4n) is 6.65. The number of anilines is 2. The lowest BCUT2D eigenvalue weighted by molar-refractivity contribution is -0.248. The van der Waals surface area contributed by atoms with Crippen molar-refractivity contribution in [3.05, 3.63) is 88.6 Å². The highest BCUT2D eigenvalue weighted by molar-refractivity contribution is 6.06. The maximum Gasteiger partial charge on any atom is 0.403 e. The molecule has 1 aliphatic heterocycles. The molecule has 1 atom stereocenters. The largest absolute Gasteiger partial charge is 0.403 e. The number of hydrogen-bond donors (Lipinski definition) is 3. The van der Waals surface area contributed by atoms with E-state index in [0.29, 0.717) is 42.9 Å². The normalized spacial score (nSPS) is 19.8. The van der Waals surface area contributed by atoms with Crippen molar-refractivity contribution in [1.29, 1.82) is 0 Å². The summed E-state index contributed by atoms with van der Waals surface area (Å²) in [5.74, 6) is -1.24. The third-order valence-corrected chi connectivity index (χ3v) is 9.09. The predicted molar refractivity (Wildman–Crippen MR) is 154 cm³/mol. The Bertz CT molecular complexity index is 1600. The van der Waals surface area contributed by atoms with Gasteiger partial charge in [-0.3, -0.25) is 14.4 Å². The van der Waals surface area contributed by atoms with Crippen LogP contribution in [0.5, 0.6) is 0 Å². The second-order valence-corrected chi connectivity index (χ2v) is 11.7. The van der Waals surface area contributed by atoms with Crippen molar-refractivity contribution in [3.63, 3.8) is 0 Å². The van der Waals surface area contributed by atoms with Crippen LogP contribution < -0.4 is 16.0 Å². The molecule has 224 valence electrons. The standard InChI is InChI=1S/C32H32F3N5O3/c1-36-17-21-6-2-3-7-22(21)18-40(29(43)31(11-5-12-31)32(33,34)35)19-26(41)38-24-10-9-20-15-30(16-23(20)14-24)25-8-4-13-37-27(25)39-28(30)42/h2-4,6-10,13-14,36H,5,11-12,15-19H2,1H3,(H,38,41)(H,37,39,42). The monoisotopic (exact) mass is 591 g/mol. The first-order valence-electron chi connectivity index (χ1n) is 14.3. The molecule has 8 nitrogen and oxygen atoms in total. The summed E-state index contributed by atoms with van der Waals surface area (Å²) < 4.78 is 42.5. The first-order chi connectivity index (χ1) is 20.6. The molecule has 6 rings (SSSR count). The Morgan fingerprint density at radius 1 is 1.02 bits per heavy atom. The van der Waals surface area contributed by atoms with Gasteiger partial charge in [0, 0.05) is 30.5 Å². The molecule has 1 saturated carbocycles. The second kappa shape index (κ2) is 10.8. The number of alkyl halides is 3. The van der Waals surface area contributed by atoms with Crippen molar-refractivity contribution < 1.29 is 27.6 Å². The number of nitrogens with one attached hydrogen (secondary N) is 3. The van der Waals surface area contributed by atoms with Gasteiger partial charge in [0.1, 0.15) is 17.8 Å². The van der Waals surface area contributed by atoms with Crippen LogP contribution in [0.3, 0.4) is 0 Å². The van der Waals surface area contributed by atoms with Gasteiger partial charge < -0.3 is 20.9 Å². The summed E-state index contributed by atoms with van der Waals surface area (Å²) in [4.78, 5) is 45.2. The van der Waals surface area contributed by atoms with E-state index in [-0.39, 0.29) is 25.3 Å². The minimum absolute atomic E-state index is 0.120. The third kappa shape index (κ3) is 4.95. The van der Waals surface area contributed by atoms with Crippen LogP contribution in [-0.4, -0.2) is 47.4 Å². The fourth-order valence-corrected chi connectivity index (χ4v) is 6.65. The van der Waals surface area contributed by atoms with Crippen LogP contribution in [0.2, 0.25) is 0 Å². The first kappa shape index (κ1) is 28.9. The van der Waals surface area contributed by atoms with Gasteiger partial charge in [-0.2, -0.15) is 13.2 Å². The van der Waals surface area contributed by atoms with E-state index in [2.05, 4.69) is 20.9 Å². The SMILES string of the molecule is CNCc1ccccc1CN(CC(=O)Nc1ccc2c(c1)CC1(C2)C(=O)Nc2ncccc21)C(=O)C1(C(F)(F)F)CCC1. The molecule has 1 aromatic heterocycles. The van der Waals surface area contributed by atoms with Crippen LogP contribution in [-0.2, 0) is 45.7 Å². The molecule has 0 bridgehead atoms. The molecular weight excluding hydrogens is 559 g/mol. The van der Waals surface area contributed by atoms with Gasteiger partial charge in [0.25, 0.3) is 0 Å². The Balaban J connectivity index is 1.22. The summed E-state index contributed by atoms with van der Waals surface area (Å²) >= 11 is 0. The highest BCUT2D eigenvalue weighted by Crippen LogP contribution is 2.54. The molecule has 0 saturated heterocycles. The van der Waals surface area contributed by atoms with Crippen LogP contribution in [0.25, 0.3) is 0 Å². The lowest BCUT2D eigenvalue weighted by atomic mass is 9.67. The summed E-state index contributed by atoms with van der Waals surface area (Å²) in [5, 5.41) is 8.68. The van der Waals surface area contributed by atoms with Crippen molar-refractivity contribution in [3.8, 4) is 0 Å². The van der Waals surface area contributed by atoms with E-state index in [1.54, 1.807) is 43.6 Å². The predicted octanol–water partition coefficient (Wildman–Crippen LogP) is 4.49. The molecule has 2 aliphatic carbocycles. The van der Waals surface area contributed by atoms with Gasteiger partial charge in [0.2, 0.25) is 17.7 Å². The van der Waals surface area contributed by atoms with Crippen molar-refractivity contribution in [2.45, 2.75) is 56.8 Å². The molecule has 3 aromatic rings. The number of carbonyl (C=O) groups is 3. The lowest BCUT2D eigenvalue weighted by Gasteiger charge is -2.44. The summed E-state index contributed by atoms with van der Waals surface area (Å²) in [6, 6.07) is 16.2. The number of aromatic nitrogens is 1. The Hall–Kier alpha value is -4.25. The Morgan fingerprint density at radius 2 is 1.77 bits per heavy atom. The molecule has 3 amide bonds. The van der Waals surface area contributed by atoms with Crippen molar-refractivity contribution in [1.82, 2.24) is 15.2 Å². The summed E-state index contributed by atoms with van der Waals surface area (Å²) in [6.45, 7) is -0.200. The number of carbonyl (C=O) groups excluding carboxylic acids is 3. The third-order valence-electron chi connectivity index (χ3n) is 9.09. The van der Waals surface area contributed by atoms with Gasteiger partial charge in [-0.15, -0.1) is 0 Å². The van der Waals surface area contributed by atoms with E-state index < -0.39 is 35.4 Å². The quantitative estimate of drug-likeness (QED) is 0.358. The number of benzene rings is 2. The van der Waals surface area contributed by atoms with Gasteiger partial charge >= 0.3 is 6.18 Å². The smallest absolute Gasteiger partial charge is 0.328 e. The van der Waals surface area contributed by atoms with E-state index in [0.717, 1.165) is 27.2 Å². The number of hydrogen-bond acceptors (Lipinski definition) is 5. The van der Waals surface area contributed by atoms with Crippen LogP contribution in [0.15, 0.2) is 60.8 Å². The molecule has 2 aromatic carbocycles. The zero-order chi connectivity index (χ0) is 30.4. The minimum atomic E-state index is -4.71. The van der Waals surface area contributed by atoms with E-state index in [1.165, 1.54) is 0 Å². The van der Waals surface area contributed by atoms with E-state index >= 15 is 0 Å². The van der Waals surface area contributed by atoms with Crippen LogP contribution in [0.1, 0.15) is 47.1 Å². The Morgan fingerprint density at radius 3 is 2.47 bits per heavy atom. The molecule has 1 fully saturated rings. The average molecular weight is 592 g/mol.